The highest BCUT2D eigenvalue weighted by Gasteiger charge is 2.30. The number of esters is 4. The van der Waals surface area contributed by atoms with Gasteiger partial charge in [0.15, 0.2) is 12.2 Å². The topological polar surface area (TPSA) is 237 Å². The first kappa shape index (κ1) is 90.9. The zero-order chi connectivity index (χ0) is 70.4. The Bertz CT molecular complexity index is 2400. The van der Waals surface area contributed by atoms with Crippen molar-refractivity contribution < 1.29 is 80.2 Å². The Morgan fingerprint density at radius 1 is 0.312 bits per heavy atom. The molecule has 0 radical (unpaired) electrons. The van der Waals surface area contributed by atoms with Gasteiger partial charge in [-0.25, -0.2) is 9.13 Å². The number of rotatable bonds is 66. The Balaban J connectivity index is 5.47. The van der Waals surface area contributed by atoms with Crippen LogP contribution in [0.4, 0.5) is 0 Å². The third-order valence-electron chi connectivity index (χ3n) is 14.3. The van der Waals surface area contributed by atoms with Crippen LogP contribution in [-0.2, 0) is 65.4 Å². The summed E-state index contributed by atoms with van der Waals surface area (Å²) in [5.41, 5.74) is 0. The number of aliphatic hydroxyl groups is 1. The van der Waals surface area contributed by atoms with Crippen LogP contribution in [0, 0.1) is 0 Å². The fourth-order valence-corrected chi connectivity index (χ4v) is 10.4. The number of hydrogen-bond acceptors (Lipinski definition) is 15. The summed E-state index contributed by atoms with van der Waals surface area (Å²) in [6.07, 6.45) is 76.0. The largest absolute Gasteiger partial charge is 0.472 e. The van der Waals surface area contributed by atoms with E-state index in [1.54, 1.807) is 6.08 Å². The molecule has 5 unspecified atom stereocenters. The van der Waals surface area contributed by atoms with Gasteiger partial charge >= 0.3 is 39.5 Å². The summed E-state index contributed by atoms with van der Waals surface area (Å²) in [4.78, 5) is 72.6. The Morgan fingerprint density at radius 3 is 1.00 bits per heavy atom. The molecular weight excluding hydrogens is 1260 g/mol. The van der Waals surface area contributed by atoms with E-state index in [1.165, 1.54) is 25.7 Å². The molecule has 5 atom stereocenters. The molecule has 0 spiro atoms. The molecule has 0 aromatic carbocycles. The molecule has 0 bridgehead atoms. The maximum absolute atomic E-state index is 13.0. The molecule has 0 aliphatic rings. The Hall–Kier alpha value is -5.06. The first-order chi connectivity index (χ1) is 46.7. The highest BCUT2D eigenvalue weighted by molar-refractivity contribution is 7.47. The minimum absolute atomic E-state index is 0.0539. The van der Waals surface area contributed by atoms with Crippen molar-refractivity contribution in [1.29, 1.82) is 0 Å². The molecule has 17 nitrogen and oxygen atoms in total. The lowest BCUT2D eigenvalue weighted by molar-refractivity contribution is -0.161. The molecule has 0 amide bonds. The monoisotopic (exact) mass is 1380 g/mol. The van der Waals surface area contributed by atoms with Crippen LogP contribution in [-0.4, -0.2) is 96.7 Å². The lowest BCUT2D eigenvalue weighted by Gasteiger charge is -2.21. The standard InChI is InChI=1S/C77H126O17P2/c1-5-9-13-17-21-25-29-33-35-39-41-45-49-53-57-61-74(79)87-67-72(93-76(81)63-59-55-51-47-43-37-31-27-23-19-15-11-7-3)69-91-95(83,84)89-65-71(78)66-90-96(85,86)92-70-73(94-77(82)64-60-56-52-48-44-38-32-28-24-20-16-12-8-4)68-88-75(80)62-58-54-50-46-42-40-36-34-30-26-22-18-14-10-6-2/h9-10,13-15,19,21-22,25-28,31-36,41-42,45-46,53,57,71-73,78H,5-8,11-12,16-18,20,23-24,29-30,37-40,43-44,47-52,54-56,58-70H2,1-4H3,(H,83,84)(H,85,86)/b13-9-,14-10-,19-15-,25-21-,26-22-,31-27-,32-28-,35-33-,36-34-,45-41-,46-42-,57-53-. The minimum Gasteiger partial charge on any atom is -0.462 e. The summed E-state index contributed by atoms with van der Waals surface area (Å²) in [7, 11) is -9.99. The van der Waals surface area contributed by atoms with Crippen molar-refractivity contribution in [3.05, 3.63) is 146 Å². The number of hydrogen-bond donors (Lipinski definition) is 3. The Kier molecular flexibility index (Phi) is 64.9. The summed E-state index contributed by atoms with van der Waals surface area (Å²) in [6.45, 7) is 4.33. The Labute approximate surface area is 579 Å². The van der Waals surface area contributed by atoms with Crippen LogP contribution >= 0.6 is 15.6 Å². The Morgan fingerprint density at radius 2 is 0.604 bits per heavy atom. The van der Waals surface area contributed by atoms with E-state index in [-0.39, 0.29) is 25.7 Å². The van der Waals surface area contributed by atoms with Crippen molar-refractivity contribution in [2.75, 3.05) is 39.6 Å². The zero-order valence-corrected chi connectivity index (χ0v) is 61.0. The van der Waals surface area contributed by atoms with Gasteiger partial charge in [0.1, 0.15) is 19.3 Å². The van der Waals surface area contributed by atoms with Gasteiger partial charge in [-0.1, -0.05) is 238 Å². The smallest absolute Gasteiger partial charge is 0.462 e. The van der Waals surface area contributed by atoms with Gasteiger partial charge in [0.05, 0.1) is 32.8 Å². The summed E-state index contributed by atoms with van der Waals surface area (Å²) >= 11 is 0. The molecule has 0 saturated heterocycles. The number of carbonyl (C=O) groups excluding carboxylic acids is 4. The molecular formula is C77H126O17P2. The van der Waals surface area contributed by atoms with Crippen molar-refractivity contribution >= 4 is 39.5 Å². The maximum Gasteiger partial charge on any atom is 0.472 e. The van der Waals surface area contributed by atoms with E-state index in [1.807, 2.05) is 18.2 Å². The van der Waals surface area contributed by atoms with E-state index in [9.17, 15) is 43.2 Å². The molecule has 19 heteroatoms. The fourth-order valence-electron chi connectivity index (χ4n) is 8.84. The summed E-state index contributed by atoms with van der Waals surface area (Å²) in [5.74, 6) is -2.41. The second-order valence-corrected chi connectivity index (χ2v) is 26.3. The first-order valence-corrected chi connectivity index (χ1v) is 39.1. The van der Waals surface area contributed by atoms with Crippen LogP contribution in [0.1, 0.15) is 259 Å². The maximum atomic E-state index is 13.0. The predicted octanol–water partition coefficient (Wildman–Crippen LogP) is 20.3. The van der Waals surface area contributed by atoms with Crippen molar-refractivity contribution in [3.8, 4) is 0 Å². The fraction of sp³-hybridized carbons (Fsp3) is 0.636. The van der Waals surface area contributed by atoms with E-state index < -0.39 is 97.5 Å². The summed E-state index contributed by atoms with van der Waals surface area (Å²) in [6, 6.07) is 0. The number of aliphatic hydroxyl groups excluding tert-OH is 1. The third-order valence-corrected chi connectivity index (χ3v) is 16.2. The minimum atomic E-state index is -5.00. The van der Waals surface area contributed by atoms with Crippen LogP contribution in [0.15, 0.2) is 146 Å². The zero-order valence-electron chi connectivity index (χ0n) is 59.2. The van der Waals surface area contributed by atoms with Crippen LogP contribution < -0.4 is 0 Å². The molecule has 96 heavy (non-hydrogen) atoms. The molecule has 0 aromatic heterocycles. The van der Waals surface area contributed by atoms with E-state index in [0.717, 1.165) is 154 Å². The molecule has 0 heterocycles. The molecule has 546 valence electrons. The van der Waals surface area contributed by atoms with Crippen molar-refractivity contribution in [3.63, 3.8) is 0 Å². The molecule has 0 saturated carbocycles. The van der Waals surface area contributed by atoms with Crippen LogP contribution in [0.3, 0.4) is 0 Å². The highest BCUT2D eigenvalue weighted by Crippen LogP contribution is 2.45. The number of phosphoric acid groups is 2. The van der Waals surface area contributed by atoms with Crippen LogP contribution in [0.2, 0.25) is 0 Å². The lowest BCUT2D eigenvalue weighted by atomic mass is 10.1. The van der Waals surface area contributed by atoms with E-state index >= 15 is 0 Å². The molecule has 0 fully saturated rings. The van der Waals surface area contributed by atoms with Gasteiger partial charge in [-0.05, 0) is 141 Å². The summed E-state index contributed by atoms with van der Waals surface area (Å²) < 4.78 is 68.1. The van der Waals surface area contributed by atoms with Gasteiger partial charge < -0.3 is 33.8 Å². The van der Waals surface area contributed by atoms with Crippen molar-refractivity contribution in [2.45, 2.75) is 277 Å². The number of carbonyl (C=O) groups is 4. The average molecular weight is 1390 g/mol. The molecule has 0 aromatic rings. The van der Waals surface area contributed by atoms with Gasteiger partial charge in [0, 0.05) is 19.3 Å². The number of allylic oxidation sites excluding steroid dienone is 23. The van der Waals surface area contributed by atoms with E-state index in [0.29, 0.717) is 25.7 Å². The van der Waals surface area contributed by atoms with Crippen molar-refractivity contribution in [1.82, 2.24) is 0 Å². The highest BCUT2D eigenvalue weighted by atomic mass is 31.2. The summed E-state index contributed by atoms with van der Waals surface area (Å²) in [5, 5.41) is 10.6. The number of ether oxygens (including phenoxy) is 4. The van der Waals surface area contributed by atoms with E-state index in [2.05, 4.69) is 149 Å². The third kappa shape index (κ3) is 67.5. The normalized spacial score (nSPS) is 14.9. The number of phosphoric ester groups is 2. The quantitative estimate of drug-likeness (QED) is 0.0169. The first-order valence-electron chi connectivity index (χ1n) is 36.1. The van der Waals surface area contributed by atoms with Gasteiger partial charge in [0.2, 0.25) is 0 Å². The van der Waals surface area contributed by atoms with Crippen molar-refractivity contribution in [2.24, 2.45) is 0 Å². The van der Waals surface area contributed by atoms with Gasteiger partial charge in [-0.3, -0.25) is 37.3 Å². The average Bonchev–Trinajstić information content (AvgIpc) is 1.14. The molecule has 0 aliphatic carbocycles. The molecule has 0 rings (SSSR count). The van der Waals surface area contributed by atoms with Gasteiger partial charge in [-0.2, -0.15) is 0 Å². The molecule has 3 N–H and O–H groups in total. The second-order valence-electron chi connectivity index (χ2n) is 23.4. The van der Waals surface area contributed by atoms with Gasteiger partial charge in [0.25, 0.3) is 0 Å². The molecule has 0 aliphatic heterocycles. The van der Waals surface area contributed by atoms with Crippen LogP contribution in [0.25, 0.3) is 0 Å². The number of unbranched alkanes of at least 4 members (excludes halogenated alkanes) is 17. The lowest BCUT2D eigenvalue weighted by Crippen LogP contribution is -2.30. The van der Waals surface area contributed by atoms with Gasteiger partial charge in [-0.15, -0.1) is 0 Å². The van der Waals surface area contributed by atoms with Crippen LogP contribution in [0.5, 0.6) is 0 Å². The van der Waals surface area contributed by atoms with E-state index in [4.69, 9.17) is 37.0 Å². The SMILES string of the molecule is CC/C=C\C/C=C\C/C=C\C/C=C\C/C=C\CC(=O)OCC(COP(=O)(O)OCC(O)COP(=O)(O)OCC(COC(=O)CCCC/C=C\C/C=C\C/C=C\C/C=C\CC)OC(=O)CCCCCCC/C=C\CCCCCC)OC(=O)CCCCCCC/C=C\C/C=C\CCC. The predicted molar refractivity (Wildman–Crippen MR) is 390 cm³/mol. The second kappa shape index (κ2) is 68.5.